The predicted octanol–water partition coefficient (Wildman–Crippen LogP) is 3.13. The molecule has 2 aromatic rings. The highest BCUT2D eigenvalue weighted by molar-refractivity contribution is 5.79. The van der Waals surface area contributed by atoms with Gasteiger partial charge in [0.05, 0.1) is 19.5 Å². The van der Waals surface area contributed by atoms with Gasteiger partial charge in [-0.3, -0.25) is 0 Å². The molecular weight excluding hydrogens is 338 g/mol. The van der Waals surface area contributed by atoms with Crippen LogP contribution in [0.25, 0.3) is 0 Å². The molecule has 6 nitrogen and oxygen atoms in total. The van der Waals surface area contributed by atoms with E-state index in [1.165, 1.54) is 18.4 Å². The van der Waals surface area contributed by atoms with Crippen molar-refractivity contribution in [1.29, 1.82) is 0 Å². The number of imidazole rings is 1. The molecule has 0 radical (unpaired) electrons. The van der Waals surface area contributed by atoms with E-state index in [0.29, 0.717) is 6.54 Å². The maximum absolute atomic E-state index is 6.06. The smallest absolute Gasteiger partial charge is 0.191 e. The van der Waals surface area contributed by atoms with E-state index in [2.05, 4.69) is 52.2 Å². The molecule has 6 heteroatoms. The Labute approximate surface area is 162 Å². The van der Waals surface area contributed by atoms with Gasteiger partial charge in [0.25, 0.3) is 0 Å². The quantitative estimate of drug-likeness (QED) is 0.384. The van der Waals surface area contributed by atoms with Gasteiger partial charge in [0, 0.05) is 37.6 Å². The number of nitrogens with one attached hydrogen (secondary N) is 2. The van der Waals surface area contributed by atoms with E-state index in [0.717, 1.165) is 55.9 Å². The molecule has 1 aromatic heterocycles. The van der Waals surface area contributed by atoms with Crippen molar-refractivity contribution in [3.05, 3.63) is 48.0 Å². The van der Waals surface area contributed by atoms with Crippen molar-refractivity contribution < 1.29 is 4.74 Å². The monoisotopic (exact) mass is 369 g/mol. The second-order valence-corrected chi connectivity index (χ2v) is 7.14. The van der Waals surface area contributed by atoms with Crippen LogP contribution in [-0.4, -0.2) is 35.2 Å². The average molecular weight is 370 g/mol. The van der Waals surface area contributed by atoms with Gasteiger partial charge in [0.1, 0.15) is 5.75 Å². The van der Waals surface area contributed by atoms with Gasteiger partial charge in [0.2, 0.25) is 0 Å². The molecule has 0 saturated heterocycles. The van der Waals surface area contributed by atoms with Gasteiger partial charge < -0.3 is 19.9 Å². The fourth-order valence-electron chi connectivity index (χ4n) is 2.81. The lowest BCUT2D eigenvalue weighted by Gasteiger charge is -2.13. The number of nitrogens with zero attached hydrogens (tertiary/aromatic N) is 3. The van der Waals surface area contributed by atoms with Gasteiger partial charge in [-0.25, -0.2) is 9.98 Å². The summed E-state index contributed by atoms with van der Waals surface area (Å²) in [4.78, 5) is 8.81. The van der Waals surface area contributed by atoms with Crippen LogP contribution in [0.5, 0.6) is 5.75 Å². The predicted molar refractivity (Wildman–Crippen MR) is 109 cm³/mol. The maximum atomic E-state index is 6.06. The molecule has 0 amide bonds. The molecule has 1 saturated carbocycles. The Bertz CT molecular complexity index is 722. The topological polar surface area (TPSA) is 63.5 Å². The maximum Gasteiger partial charge on any atom is 0.191 e. The van der Waals surface area contributed by atoms with E-state index in [1.54, 1.807) is 0 Å². The summed E-state index contributed by atoms with van der Waals surface area (Å²) >= 11 is 0. The third-order valence-electron chi connectivity index (χ3n) is 4.59. The number of hydrogen-bond donors (Lipinski definition) is 2. The number of guanidine groups is 1. The summed E-state index contributed by atoms with van der Waals surface area (Å²) in [6.07, 6.45) is 9.25. The zero-order chi connectivity index (χ0) is 18.9. The summed E-state index contributed by atoms with van der Waals surface area (Å²) in [6, 6.07) is 6.38. The highest BCUT2D eigenvalue weighted by Gasteiger charge is 2.22. The average Bonchev–Trinajstić information content (AvgIpc) is 3.35. The number of benzene rings is 1. The molecule has 1 aliphatic rings. The van der Waals surface area contributed by atoms with Gasteiger partial charge >= 0.3 is 0 Å². The lowest BCUT2D eigenvalue weighted by Crippen LogP contribution is -2.38. The fourth-order valence-corrected chi connectivity index (χ4v) is 2.81. The third kappa shape index (κ3) is 6.62. The Morgan fingerprint density at radius 2 is 2.22 bits per heavy atom. The van der Waals surface area contributed by atoms with Crippen molar-refractivity contribution in [2.45, 2.75) is 46.2 Å². The number of aromatic nitrogens is 2. The Morgan fingerprint density at radius 1 is 1.33 bits per heavy atom. The van der Waals surface area contributed by atoms with Crippen molar-refractivity contribution in [2.24, 2.45) is 10.9 Å². The molecule has 0 unspecified atom stereocenters. The van der Waals surface area contributed by atoms with E-state index < -0.39 is 0 Å². The molecule has 146 valence electrons. The highest BCUT2D eigenvalue weighted by Crippen LogP contribution is 2.30. The summed E-state index contributed by atoms with van der Waals surface area (Å²) in [7, 11) is 0. The Morgan fingerprint density at radius 3 is 2.96 bits per heavy atom. The molecule has 0 atom stereocenters. The van der Waals surface area contributed by atoms with Crippen molar-refractivity contribution in [1.82, 2.24) is 20.2 Å². The molecule has 1 fully saturated rings. The minimum atomic E-state index is 0.608. The molecule has 0 aliphatic heterocycles. The number of rotatable bonds is 10. The van der Waals surface area contributed by atoms with Gasteiger partial charge in [-0.2, -0.15) is 0 Å². The van der Waals surface area contributed by atoms with Crippen LogP contribution in [0, 0.1) is 12.8 Å². The molecule has 1 aliphatic carbocycles. The van der Waals surface area contributed by atoms with E-state index in [-0.39, 0.29) is 0 Å². The number of aryl methyl sites for hydroxylation is 2. The lowest BCUT2D eigenvalue weighted by molar-refractivity contribution is 0.296. The summed E-state index contributed by atoms with van der Waals surface area (Å²) in [5, 5.41) is 6.73. The summed E-state index contributed by atoms with van der Waals surface area (Å²) in [6.45, 7) is 8.27. The minimum Gasteiger partial charge on any atom is -0.493 e. The molecule has 27 heavy (non-hydrogen) atoms. The lowest BCUT2D eigenvalue weighted by atomic mass is 10.1. The molecule has 0 bridgehead atoms. The van der Waals surface area contributed by atoms with Crippen molar-refractivity contribution in [3.8, 4) is 5.75 Å². The van der Waals surface area contributed by atoms with Crippen LogP contribution in [0.1, 0.15) is 37.3 Å². The first-order chi connectivity index (χ1) is 13.2. The van der Waals surface area contributed by atoms with Crippen molar-refractivity contribution >= 4 is 5.96 Å². The van der Waals surface area contributed by atoms with Gasteiger partial charge in [-0.05, 0) is 50.7 Å². The number of hydrogen-bond acceptors (Lipinski definition) is 3. The molecule has 1 aromatic carbocycles. The van der Waals surface area contributed by atoms with Gasteiger partial charge in [-0.15, -0.1) is 0 Å². The van der Waals surface area contributed by atoms with Crippen molar-refractivity contribution in [3.63, 3.8) is 0 Å². The Balaban J connectivity index is 1.53. The largest absolute Gasteiger partial charge is 0.493 e. The van der Waals surface area contributed by atoms with Gasteiger partial charge in [0.15, 0.2) is 5.96 Å². The van der Waals surface area contributed by atoms with E-state index in [9.17, 15) is 0 Å². The highest BCUT2D eigenvalue weighted by atomic mass is 16.5. The first kappa shape index (κ1) is 19.3. The third-order valence-corrected chi connectivity index (χ3v) is 4.59. The standard InChI is InChI=1S/C21H31N5O/c1-3-23-21(24-9-4-11-26-12-10-22-16-26)25-14-19-8-5-17(2)13-20(19)27-15-18-6-7-18/h5,8,10,12-13,16,18H,3-4,6-7,9,11,14-15H2,1-2H3,(H2,23,24,25). The van der Waals surface area contributed by atoms with Crippen LogP contribution >= 0.6 is 0 Å². The van der Waals surface area contributed by atoms with Gasteiger partial charge in [-0.1, -0.05) is 12.1 Å². The zero-order valence-electron chi connectivity index (χ0n) is 16.4. The molecule has 1 heterocycles. The normalized spacial score (nSPS) is 14.2. The summed E-state index contributed by atoms with van der Waals surface area (Å²) < 4.78 is 8.14. The second kappa shape index (κ2) is 10.00. The SMILES string of the molecule is CCNC(=NCc1ccc(C)cc1OCC1CC1)NCCCn1ccnc1. The zero-order valence-corrected chi connectivity index (χ0v) is 16.4. The number of aliphatic imine (C=N–C) groups is 1. The van der Waals surface area contributed by atoms with Crippen LogP contribution in [0.2, 0.25) is 0 Å². The van der Waals surface area contributed by atoms with Crippen LogP contribution in [0.3, 0.4) is 0 Å². The minimum absolute atomic E-state index is 0.608. The molecular formula is C21H31N5O. The first-order valence-electron chi connectivity index (χ1n) is 9.95. The van der Waals surface area contributed by atoms with E-state index in [4.69, 9.17) is 9.73 Å². The van der Waals surface area contributed by atoms with E-state index in [1.807, 2.05) is 18.7 Å². The Kier molecular flexibility index (Phi) is 7.13. The van der Waals surface area contributed by atoms with Crippen LogP contribution in [-0.2, 0) is 13.1 Å². The Hall–Kier alpha value is -2.50. The summed E-state index contributed by atoms with van der Waals surface area (Å²) in [5.74, 6) is 2.56. The van der Waals surface area contributed by atoms with E-state index >= 15 is 0 Å². The molecule has 0 spiro atoms. The number of ether oxygens (including phenoxy) is 1. The summed E-state index contributed by atoms with van der Waals surface area (Å²) in [5.41, 5.74) is 2.36. The van der Waals surface area contributed by atoms with Crippen molar-refractivity contribution in [2.75, 3.05) is 19.7 Å². The molecule has 3 rings (SSSR count). The fraction of sp³-hybridized carbons (Fsp3) is 0.524. The van der Waals surface area contributed by atoms with Crippen LogP contribution in [0.15, 0.2) is 41.9 Å². The first-order valence-corrected chi connectivity index (χ1v) is 9.95. The second-order valence-electron chi connectivity index (χ2n) is 7.14. The van der Waals surface area contributed by atoms with Crippen LogP contribution in [0.4, 0.5) is 0 Å². The van der Waals surface area contributed by atoms with Crippen LogP contribution < -0.4 is 15.4 Å². The molecule has 2 N–H and O–H groups in total.